The quantitative estimate of drug-likeness (QED) is 0.721. The molecule has 6 heteroatoms. The van der Waals surface area contributed by atoms with Crippen molar-refractivity contribution in [3.8, 4) is 0 Å². The summed E-state index contributed by atoms with van der Waals surface area (Å²) in [4.78, 5) is 15.5. The number of aromatic nitrogens is 3. The lowest BCUT2D eigenvalue weighted by molar-refractivity contribution is -0.124. The molecule has 1 aliphatic carbocycles. The summed E-state index contributed by atoms with van der Waals surface area (Å²) in [6, 6.07) is -0.395. The highest BCUT2D eigenvalue weighted by atomic mass is 16.3. The van der Waals surface area contributed by atoms with E-state index in [0.29, 0.717) is 12.5 Å². The van der Waals surface area contributed by atoms with Gasteiger partial charge in [-0.05, 0) is 25.7 Å². The number of aliphatic hydroxyl groups excluding tert-OH is 1. The van der Waals surface area contributed by atoms with Gasteiger partial charge in [-0.1, -0.05) is 0 Å². The van der Waals surface area contributed by atoms with E-state index in [4.69, 9.17) is 0 Å². The summed E-state index contributed by atoms with van der Waals surface area (Å²) in [5.74, 6) is 0.229. The van der Waals surface area contributed by atoms with Gasteiger partial charge in [0.1, 0.15) is 18.7 Å². The van der Waals surface area contributed by atoms with E-state index >= 15 is 0 Å². The minimum atomic E-state index is -0.410. The van der Waals surface area contributed by atoms with E-state index in [2.05, 4.69) is 15.4 Å². The average Bonchev–Trinajstić information content (AvgIpc) is 3.00. The largest absolute Gasteiger partial charge is 0.391 e. The fourth-order valence-electron chi connectivity index (χ4n) is 1.54. The Morgan fingerprint density at radius 1 is 1.69 bits per heavy atom. The van der Waals surface area contributed by atoms with Crippen molar-refractivity contribution in [3.05, 3.63) is 12.7 Å². The topological polar surface area (TPSA) is 80.0 Å². The van der Waals surface area contributed by atoms with E-state index in [1.54, 1.807) is 6.92 Å². The number of carbonyl (C=O) groups is 1. The van der Waals surface area contributed by atoms with Crippen molar-refractivity contribution in [3.63, 3.8) is 0 Å². The Hall–Kier alpha value is -1.43. The molecule has 0 aliphatic heterocycles. The molecule has 1 aliphatic rings. The number of nitrogens with one attached hydrogen (secondary N) is 1. The van der Waals surface area contributed by atoms with Crippen LogP contribution in [0.15, 0.2) is 12.7 Å². The Morgan fingerprint density at radius 3 is 3.00 bits per heavy atom. The normalized spacial score (nSPS) is 19.1. The Labute approximate surface area is 93.7 Å². The molecule has 0 radical (unpaired) electrons. The Bertz CT molecular complexity index is 348. The van der Waals surface area contributed by atoms with E-state index in [9.17, 15) is 9.90 Å². The first-order valence-corrected chi connectivity index (χ1v) is 5.48. The van der Waals surface area contributed by atoms with E-state index in [0.717, 1.165) is 12.8 Å². The Kier molecular flexibility index (Phi) is 3.19. The molecule has 1 amide bonds. The van der Waals surface area contributed by atoms with Gasteiger partial charge in [0, 0.05) is 6.54 Å². The molecule has 2 rings (SSSR count). The molecule has 1 aromatic rings. The number of carbonyl (C=O) groups excluding carboxylic acids is 1. The highest BCUT2D eigenvalue weighted by Crippen LogP contribution is 2.32. The number of aliphatic hydroxyl groups is 1. The van der Waals surface area contributed by atoms with Crippen LogP contribution in [0.25, 0.3) is 0 Å². The van der Waals surface area contributed by atoms with Gasteiger partial charge in [0.15, 0.2) is 0 Å². The molecule has 16 heavy (non-hydrogen) atoms. The van der Waals surface area contributed by atoms with Gasteiger partial charge in [0.2, 0.25) is 5.91 Å². The lowest BCUT2D eigenvalue weighted by Crippen LogP contribution is -2.37. The first kappa shape index (κ1) is 11.1. The molecular formula is C10H16N4O2. The summed E-state index contributed by atoms with van der Waals surface area (Å²) in [6.45, 7) is 2.07. The van der Waals surface area contributed by atoms with Crippen molar-refractivity contribution in [1.29, 1.82) is 0 Å². The molecule has 2 atom stereocenters. The van der Waals surface area contributed by atoms with Gasteiger partial charge in [-0.2, -0.15) is 5.10 Å². The Balaban J connectivity index is 1.78. The van der Waals surface area contributed by atoms with E-state index < -0.39 is 12.1 Å². The van der Waals surface area contributed by atoms with Gasteiger partial charge >= 0.3 is 0 Å². The SMILES string of the molecule is CC(C(=O)NCC(O)C1CC1)n1cncn1. The van der Waals surface area contributed by atoms with E-state index in [1.165, 1.54) is 17.3 Å². The minimum absolute atomic E-state index is 0.148. The smallest absolute Gasteiger partial charge is 0.244 e. The Morgan fingerprint density at radius 2 is 2.44 bits per heavy atom. The summed E-state index contributed by atoms with van der Waals surface area (Å²) >= 11 is 0. The summed E-state index contributed by atoms with van der Waals surface area (Å²) in [6.07, 6.45) is 4.61. The van der Waals surface area contributed by atoms with E-state index in [-0.39, 0.29) is 5.91 Å². The second-order valence-corrected chi connectivity index (χ2v) is 4.20. The molecular weight excluding hydrogens is 208 g/mol. The number of amides is 1. The van der Waals surface area contributed by atoms with Crippen LogP contribution in [0.5, 0.6) is 0 Å². The second-order valence-electron chi connectivity index (χ2n) is 4.20. The van der Waals surface area contributed by atoms with Crippen molar-refractivity contribution in [2.45, 2.75) is 31.9 Å². The number of nitrogens with zero attached hydrogens (tertiary/aromatic N) is 3. The fourth-order valence-corrected chi connectivity index (χ4v) is 1.54. The highest BCUT2D eigenvalue weighted by Gasteiger charge is 2.30. The van der Waals surface area contributed by atoms with Gasteiger partial charge in [0.05, 0.1) is 6.10 Å². The minimum Gasteiger partial charge on any atom is -0.391 e. The van der Waals surface area contributed by atoms with Gasteiger partial charge in [0.25, 0.3) is 0 Å². The maximum absolute atomic E-state index is 11.7. The lowest BCUT2D eigenvalue weighted by Gasteiger charge is -2.14. The molecule has 2 N–H and O–H groups in total. The first-order valence-electron chi connectivity index (χ1n) is 5.48. The zero-order chi connectivity index (χ0) is 11.5. The number of hydrogen-bond donors (Lipinski definition) is 2. The second kappa shape index (κ2) is 4.61. The molecule has 6 nitrogen and oxygen atoms in total. The van der Waals surface area contributed by atoms with Crippen LogP contribution in [-0.4, -0.2) is 38.4 Å². The van der Waals surface area contributed by atoms with Gasteiger partial charge < -0.3 is 10.4 Å². The third-order valence-electron chi connectivity index (χ3n) is 2.86. The van der Waals surface area contributed by atoms with Crippen LogP contribution in [0, 0.1) is 5.92 Å². The monoisotopic (exact) mass is 224 g/mol. The molecule has 88 valence electrons. The fraction of sp³-hybridized carbons (Fsp3) is 0.700. The summed E-state index contributed by atoms with van der Waals surface area (Å²) in [5, 5.41) is 16.2. The standard InChI is InChI=1S/C10H16N4O2/c1-7(14-6-11-5-13-14)10(16)12-4-9(15)8-2-3-8/h5-9,15H,2-4H2,1H3,(H,12,16). The summed E-state index contributed by atoms with van der Waals surface area (Å²) < 4.78 is 1.48. The van der Waals surface area contributed by atoms with Crippen molar-refractivity contribution >= 4 is 5.91 Å². The molecule has 0 saturated heterocycles. The molecule has 1 fully saturated rings. The maximum Gasteiger partial charge on any atom is 0.244 e. The molecule has 0 aromatic carbocycles. The van der Waals surface area contributed by atoms with Crippen LogP contribution in [0.4, 0.5) is 0 Å². The van der Waals surface area contributed by atoms with Gasteiger partial charge in [-0.15, -0.1) is 0 Å². The van der Waals surface area contributed by atoms with Crippen molar-refractivity contribution in [2.24, 2.45) is 5.92 Å². The molecule has 0 bridgehead atoms. The van der Waals surface area contributed by atoms with Crippen LogP contribution in [0.1, 0.15) is 25.8 Å². The predicted molar refractivity (Wildman–Crippen MR) is 56.5 cm³/mol. The van der Waals surface area contributed by atoms with Crippen LogP contribution < -0.4 is 5.32 Å². The van der Waals surface area contributed by atoms with E-state index in [1.807, 2.05) is 0 Å². The maximum atomic E-state index is 11.7. The lowest BCUT2D eigenvalue weighted by atomic mass is 10.2. The zero-order valence-electron chi connectivity index (χ0n) is 9.21. The van der Waals surface area contributed by atoms with Crippen LogP contribution in [-0.2, 0) is 4.79 Å². The van der Waals surface area contributed by atoms with Crippen molar-refractivity contribution < 1.29 is 9.90 Å². The predicted octanol–water partition coefficient (Wildman–Crippen LogP) is -0.274. The van der Waals surface area contributed by atoms with Crippen LogP contribution >= 0.6 is 0 Å². The van der Waals surface area contributed by atoms with Gasteiger partial charge in [-0.3, -0.25) is 4.79 Å². The number of rotatable bonds is 5. The third kappa shape index (κ3) is 2.57. The first-order chi connectivity index (χ1) is 7.68. The third-order valence-corrected chi connectivity index (χ3v) is 2.86. The van der Waals surface area contributed by atoms with Crippen molar-refractivity contribution in [2.75, 3.05) is 6.54 Å². The summed E-state index contributed by atoms with van der Waals surface area (Å²) in [7, 11) is 0. The van der Waals surface area contributed by atoms with Crippen LogP contribution in [0.3, 0.4) is 0 Å². The summed E-state index contributed by atoms with van der Waals surface area (Å²) in [5.41, 5.74) is 0. The molecule has 1 saturated carbocycles. The zero-order valence-corrected chi connectivity index (χ0v) is 9.21. The highest BCUT2D eigenvalue weighted by molar-refractivity contribution is 5.79. The van der Waals surface area contributed by atoms with Crippen molar-refractivity contribution in [1.82, 2.24) is 20.1 Å². The number of hydrogen-bond acceptors (Lipinski definition) is 4. The molecule has 2 unspecified atom stereocenters. The molecule has 1 heterocycles. The molecule has 0 spiro atoms. The van der Waals surface area contributed by atoms with Gasteiger partial charge in [-0.25, -0.2) is 9.67 Å². The molecule has 1 aromatic heterocycles. The van der Waals surface area contributed by atoms with Crippen LogP contribution in [0.2, 0.25) is 0 Å². The average molecular weight is 224 g/mol.